The van der Waals surface area contributed by atoms with Gasteiger partial charge in [0.2, 0.25) is 5.91 Å². The first-order valence-corrected chi connectivity index (χ1v) is 7.37. The lowest BCUT2D eigenvalue weighted by atomic mass is 9.89. The number of nitrogens with one attached hydrogen (secondary N) is 2. The van der Waals surface area contributed by atoms with Gasteiger partial charge in [-0.2, -0.15) is 0 Å². The summed E-state index contributed by atoms with van der Waals surface area (Å²) in [6.07, 6.45) is 5.17. The molecule has 114 valence electrons. The summed E-state index contributed by atoms with van der Waals surface area (Å²) >= 11 is 0. The van der Waals surface area contributed by atoms with Crippen LogP contribution in [0.4, 0.5) is 0 Å². The zero-order chi connectivity index (χ0) is 13.6. The van der Waals surface area contributed by atoms with Crippen LogP contribution in [0.15, 0.2) is 0 Å². The van der Waals surface area contributed by atoms with E-state index in [1.807, 2.05) is 0 Å². The third kappa shape index (κ3) is 9.28. The Morgan fingerprint density at radius 2 is 2.11 bits per heavy atom. The average Bonchev–Trinajstić information content (AvgIpc) is 2.75. The van der Waals surface area contributed by atoms with Crippen molar-refractivity contribution in [3.05, 3.63) is 0 Å². The predicted octanol–water partition coefficient (Wildman–Crippen LogP) is 3.13. The first-order valence-electron chi connectivity index (χ1n) is 7.37. The lowest BCUT2D eigenvalue weighted by Crippen LogP contribution is -2.33. The second kappa shape index (κ2) is 8.80. The highest BCUT2D eigenvalue weighted by atomic mass is 35.5. The van der Waals surface area contributed by atoms with Gasteiger partial charge in [0, 0.05) is 12.5 Å². The van der Waals surface area contributed by atoms with Crippen molar-refractivity contribution in [2.75, 3.05) is 13.1 Å². The van der Waals surface area contributed by atoms with Gasteiger partial charge in [-0.3, -0.25) is 4.79 Å². The molecule has 1 aliphatic heterocycles. The Bertz CT molecular complexity index is 257. The van der Waals surface area contributed by atoms with E-state index < -0.39 is 0 Å². The first-order chi connectivity index (χ1) is 8.37. The third-order valence-corrected chi connectivity index (χ3v) is 3.68. The molecule has 0 aromatic heterocycles. The van der Waals surface area contributed by atoms with E-state index in [1.54, 1.807) is 0 Å². The highest BCUT2D eigenvalue weighted by molar-refractivity contribution is 5.85. The molecule has 0 bridgehead atoms. The van der Waals surface area contributed by atoms with E-state index >= 15 is 0 Å². The van der Waals surface area contributed by atoms with Gasteiger partial charge in [-0.1, -0.05) is 20.8 Å². The van der Waals surface area contributed by atoms with Crippen LogP contribution < -0.4 is 10.6 Å². The molecule has 0 aromatic carbocycles. The zero-order valence-corrected chi connectivity index (χ0v) is 13.7. The van der Waals surface area contributed by atoms with E-state index in [0.29, 0.717) is 23.8 Å². The molecular weight excluding hydrogens is 260 g/mol. The molecule has 1 aliphatic rings. The second-order valence-electron chi connectivity index (χ2n) is 6.97. The van der Waals surface area contributed by atoms with Gasteiger partial charge in [-0.05, 0) is 57.0 Å². The van der Waals surface area contributed by atoms with Crippen molar-refractivity contribution in [1.29, 1.82) is 0 Å². The van der Waals surface area contributed by atoms with Crippen molar-refractivity contribution in [1.82, 2.24) is 10.6 Å². The molecule has 2 N–H and O–H groups in total. The number of hydrogen-bond acceptors (Lipinski definition) is 2. The molecule has 1 heterocycles. The van der Waals surface area contributed by atoms with Crippen LogP contribution in [-0.4, -0.2) is 25.0 Å². The minimum Gasteiger partial charge on any atom is -0.354 e. The summed E-state index contributed by atoms with van der Waals surface area (Å²) in [4.78, 5) is 11.8. The highest BCUT2D eigenvalue weighted by Gasteiger charge is 2.17. The molecule has 3 nitrogen and oxygen atoms in total. The summed E-state index contributed by atoms with van der Waals surface area (Å²) in [5, 5.41) is 6.46. The molecule has 4 heteroatoms. The van der Waals surface area contributed by atoms with Crippen molar-refractivity contribution in [2.24, 2.45) is 11.3 Å². The third-order valence-electron chi connectivity index (χ3n) is 3.68. The maximum Gasteiger partial charge on any atom is 0.220 e. The second-order valence-corrected chi connectivity index (χ2v) is 6.97. The van der Waals surface area contributed by atoms with E-state index in [2.05, 4.69) is 38.3 Å². The first kappa shape index (κ1) is 18.7. The predicted molar refractivity (Wildman–Crippen MR) is 83.8 cm³/mol. The van der Waals surface area contributed by atoms with Crippen LogP contribution >= 0.6 is 12.4 Å². The molecule has 0 aliphatic carbocycles. The molecule has 1 amide bonds. The zero-order valence-electron chi connectivity index (χ0n) is 12.9. The maximum atomic E-state index is 11.8. The van der Waals surface area contributed by atoms with Crippen LogP contribution in [0.25, 0.3) is 0 Å². The van der Waals surface area contributed by atoms with E-state index in [4.69, 9.17) is 0 Å². The Hall–Kier alpha value is -0.280. The fourth-order valence-corrected chi connectivity index (χ4v) is 2.36. The number of hydrogen-bond donors (Lipinski definition) is 2. The molecule has 0 radical (unpaired) electrons. The van der Waals surface area contributed by atoms with Gasteiger partial charge in [-0.15, -0.1) is 12.4 Å². The monoisotopic (exact) mass is 290 g/mol. The van der Waals surface area contributed by atoms with Crippen LogP contribution in [0, 0.1) is 11.3 Å². The van der Waals surface area contributed by atoms with Crippen molar-refractivity contribution < 1.29 is 4.79 Å². The largest absolute Gasteiger partial charge is 0.354 e. The van der Waals surface area contributed by atoms with Crippen molar-refractivity contribution in [3.63, 3.8) is 0 Å². The fraction of sp³-hybridized carbons (Fsp3) is 0.933. The standard InChI is InChI=1S/C15H30N2O.ClH/c1-12(7-9-15(2,3)4)17-14(18)6-5-13-8-10-16-11-13;/h12-13,16H,5-11H2,1-4H3,(H,17,18);1H. The summed E-state index contributed by atoms with van der Waals surface area (Å²) in [6, 6.07) is 0.304. The molecule has 2 atom stereocenters. The normalized spacial score (nSPS) is 20.7. The number of rotatable bonds is 6. The average molecular weight is 291 g/mol. The molecule has 0 spiro atoms. The summed E-state index contributed by atoms with van der Waals surface area (Å²) in [5.74, 6) is 0.934. The van der Waals surface area contributed by atoms with Crippen LogP contribution in [0.5, 0.6) is 0 Å². The van der Waals surface area contributed by atoms with E-state index in [1.165, 1.54) is 6.42 Å². The minimum absolute atomic E-state index is 0. The number of carbonyl (C=O) groups is 1. The lowest BCUT2D eigenvalue weighted by molar-refractivity contribution is -0.122. The lowest BCUT2D eigenvalue weighted by Gasteiger charge is -2.21. The number of carbonyl (C=O) groups excluding carboxylic acids is 1. The quantitative estimate of drug-likeness (QED) is 0.789. The SMILES string of the molecule is CC(CCC(C)(C)C)NC(=O)CCC1CCNC1.Cl. The molecule has 2 unspecified atom stereocenters. The minimum atomic E-state index is 0. The Labute approximate surface area is 124 Å². The Balaban J connectivity index is 0.00000324. The Kier molecular flexibility index (Phi) is 8.67. The van der Waals surface area contributed by atoms with Gasteiger partial charge in [0.15, 0.2) is 0 Å². The number of amides is 1. The van der Waals surface area contributed by atoms with Gasteiger partial charge in [0.05, 0.1) is 0 Å². The van der Waals surface area contributed by atoms with Crippen LogP contribution in [0.2, 0.25) is 0 Å². The summed E-state index contributed by atoms with van der Waals surface area (Å²) < 4.78 is 0. The van der Waals surface area contributed by atoms with Crippen molar-refractivity contribution >= 4 is 18.3 Å². The van der Waals surface area contributed by atoms with Gasteiger partial charge in [0.1, 0.15) is 0 Å². The maximum absolute atomic E-state index is 11.8. The fourth-order valence-electron chi connectivity index (χ4n) is 2.36. The number of halogens is 1. The smallest absolute Gasteiger partial charge is 0.220 e. The van der Waals surface area contributed by atoms with Crippen LogP contribution in [0.1, 0.15) is 59.8 Å². The Morgan fingerprint density at radius 1 is 1.42 bits per heavy atom. The van der Waals surface area contributed by atoms with E-state index in [0.717, 1.165) is 32.4 Å². The molecule has 0 saturated carbocycles. The summed E-state index contributed by atoms with van der Waals surface area (Å²) in [5.41, 5.74) is 0.356. The molecule has 1 saturated heterocycles. The highest BCUT2D eigenvalue weighted by Crippen LogP contribution is 2.21. The van der Waals surface area contributed by atoms with Gasteiger partial charge in [0.25, 0.3) is 0 Å². The van der Waals surface area contributed by atoms with E-state index in [9.17, 15) is 4.79 Å². The van der Waals surface area contributed by atoms with Gasteiger partial charge in [-0.25, -0.2) is 0 Å². The molecule has 1 rings (SSSR count). The van der Waals surface area contributed by atoms with Gasteiger partial charge < -0.3 is 10.6 Å². The van der Waals surface area contributed by atoms with E-state index in [-0.39, 0.29) is 18.3 Å². The Morgan fingerprint density at radius 3 is 2.63 bits per heavy atom. The molecular formula is C15H31ClN2O. The van der Waals surface area contributed by atoms with Gasteiger partial charge >= 0.3 is 0 Å². The van der Waals surface area contributed by atoms with Crippen molar-refractivity contribution in [3.8, 4) is 0 Å². The molecule has 0 aromatic rings. The molecule has 19 heavy (non-hydrogen) atoms. The summed E-state index contributed by atoms with van der Waals surface area (Å²) in [7, 11) is 0. The summed E-state index contributed by atoms with van der Waals surface area (Å²) in [6.45, 7) is 11.1. The van der Waals surface area contributed by atoms with Crippen LogP contribution in [-0.2, 0) is 4.79 Å². The van der Waals surface area contributed by atoms with Crippen LogP contribution in [0.3, 0.4) is 0 Å². The topological polar surface area (TPSA) is 41.1 Å². The van der Waals surface area contributed by atoms with Crippen molar-refractivity contribution in [2.45, 2.75) is 65.8 Å². The molecule has 1 fully saturated rings.